The van der Waals surface area contributed by atoms with E-state index in [2.05, 4.69) is 29.2 Å². The first kappa shape index (κ1) is 17.4. The molecule has 0 bridgehead atoms. The van der Waals surface area contributed by atoms with Gasteiger partial charge in [-0.15, -0.1) is 0 Å². The molecule has 2 unspecified atom stereocenters. The molecule has 132 valence electrons. The van der Waals surface area contributed by atoms with Crippen molar-refractivity contribution in [3.8, 4) is 0 Å². The van der Waals surface area contributed by atoms with Crippen LogP contribution in [0, 0.1) is 0 Å². The zero-order valence-electron chi connectivity index (χ0n) is 14.4. The van der Waals surface area contributed by atoms with E-state index in [1.54, 1.807) is 4.90 Å². The summed E-state index contributed by atoms with van der Waals surface area (Å²) in [5.74, 6) is 0.349. The van der Waals surface area contributed by atoms with Gasteiger partial charge in [-0.05, 0) is 44.4 Å². The van der Waals surface area contributed by atoms with Gasteiger partial charge in [0.05, 0.1) is 18.1 Å². The highest BCUT2D eigenvalue weighted by molar-refractivity contribution is 7.91. The summed E-state index contributed by atoms with van der Waals surface area (Å²) in [6.07, 6.45) is 2.66. The molecule has 1 heterocycles. The third kappa shape index (κ3) is 3.49. The number of sulfone groups is 1. The maximum Gasteiger partial charge on any atom is 0.237 e. The molecule has 0 spiro atoms. The molecule has 0 aromatic heterocycles. The minimum atomic E-state index is -2.98. The van der Waals surface area contributed by atoms with Crippen molar-refractivity contribution in [3.05, 3.63) is 35.4 Å². The summed E-state index contributed by atoms with van der Waals surface area (Å²) in [4.78, 5) is 16.6. The molecule has 1 fully saturated rings. The highest BCUT2D eigenvalue weighted by Gasteiger charge is 2.35. The number of nitrogens with zero attached hydrogens (tertiary/aromatic N) is 2. The lowest BCUT2D eigenvalue weighted by molar-refractivity contribution is -0.134. The van der Waals surface area contributed by atoms with Gasteiger partial charge in [-0.3, -0.25) is 9.69 Å². The van der Waals surface area contributed by atoms with Gasteiger partial charge in [0.2, 0.25) is 5.91 Å². The minimum absolute atomic E-state index is 0.0338. The lowest BCUT2D eigenvalue weighted by atomic mass is 10.1. The lowest BCUT2D eigenvalue weighted by Crippen LogP contribution is -2.45. The van der Waals surface area contributed by atoms with E-state index in [4.69, 9.17) is 0 Å². The van der Waals surface area contributed by atoms with Crippen molar-refractivity contribution in [1.29, 1.82) is 0 Å². The van der Waals surface area contributed by atoms with Crippen molar-refractivity contribution < 1.29 is 13.2 Å². The number of aryl methyl sites for hydroxylation is 1. The Labute approximate surface area is 144 Å². The number of hydrogen-bond donors (Lipinski definition) is 0. The maximum absolute atomic E-state index is 12.7. The molecular formula is C18H26N2O3S. The average Bonchev–Trinajstić information content (AvgIpc) is 3.11. The van der Waals surface area contributed by atoms with Crippen molar-refractivity contribution in [2.45, 2.75) is 38.3 Å². The highest BCUT2D eigenvalue weighted by atomic mass is 32.2. The number of amides is 1. The van der Waals surface area contributed by atoms with Gasteiger partial charge in [-0.2, -0.15) is 0 Å². The molecule has 3 rings (SSSR count). The number of rotatable bonds is 5. The molecule has 24 heavy (non-hydrogen) atoms. The Kier molecular flexibility index (Phi) is 4.97. The van der Waals surface area contributed by atoms with Crippen LogP contribution < -0.4 is 0 Å². The third-order valence-corrected chi connectivity index (χ3v) is 7.08. The molecule has 1 aromatic rings. The molecular weight excluding hydrogens is 324 g/mol. The zero-order chi connectivity index (χ0) is 17.3. The summed E-state index contributed by atoms with van der Waals surface area (Å²) in [5.41, 5.74) is 2.69. The Bertz CT molecular complexity index is 717. The van der Waals surface area contributed by atoms with E-state index in [-0.39, 0.29) is 29.5 Å². The van der Waals surface area contributed by atoms with Crippen LogP contribution in [0.25, 0.3) is 0 Å². The van der Waals surface area contributed by atoms with Gasteiger partial charge in [-0.1, -0.05) is 24.3 Å². The quantitative estimate of drug-likeness (QED) is 0.810. The standard InChI is InChI=1S/C18H26N2O3S/c1-3-20(15-10-11-24(22,23)13-15)18(21)12-19(2)17-9-8-14-6-4-5-7-16(14)17/h4-7,15,17H,3,8-13H2,1-2H3. The van der Waals surface area contributed by atoms with Gasteiger partial charge in [0, 0.05) is 18.6 Å². The van der Waals surface area contributed by atoms with Crippen LogP contribution in [0.5, 0.6) is 0 Å². The van der Waals surface area contributed by atoms with Crippen molar-refractivity contribution in [1.82, 2.24) is 9.80 Å². The molecule has 5 nitrogen and oxygen atoms in total. The Morgan fingerprint density at radius 3 is 2.67 bits per heavy atom. The van der Waals surface area contributed by atoms with Gasteiger partial charge < -0.3 is 4.90 Å². The van der Waals surface area contributed by atoms with Gasteiger partial charge in [0.25, 0.3) is 0 Å². The van der Waals surface area contributed by atoms with Crippen molar-refractivity contribution in [2.75, 3.05) is 31.6 Å². The Balaban J connectivity index is 1.66. The van der Waals surface area contributed by atoms with Crippen molar-refractivity contribution in [2.24, 2.45) is 0 Å². The Hall–Kier alpha value is -1.40. The Morgan fingerprint density at radius 2 is 2.00 bits per heavy atom. The lowest BCUT2D eigenvalue weighted by Gasteiger charge is -2.31. The first-order valence-corrected chi connectivity index (χ1v) is 10.5. The molecule has 0 N–H and O–H groups in total. The van der Waals surface area contributed by atoms with Crippen LogP contribution in [0.4, 0.5) is 0 Å². The molecule has 1 aliphatic carbocycles. The molecule has 2 aliphatic rings. The summed E-state index contributed by atoms with van der Waals surface area (Å²) in [5, 5.41) is 0. The molecule has 1 amide bonds. The van der Waals surface area contributed by atoms with Crippen LogP contribution in [0.1, 0.15) is 36.9 Å². The minimum Gasteiger partial charge on any atom is -0.338 e. The van der Waals surface area contributed by atoms with E-state index in [0.29, 0.717) is 19.5 Å². The van der Waals surface area contributed by atoms with Crippen LogP contribution in [0.2, 0.25) is 0 Å². The van der Waals surface area contributed by atoms with Gasteiger partial charge >= 0.3 is 0 Å². The molecule has 0 saturated carbocycles. The third-order valence-electron chi connectivity index (χ3n) is 5.33. The fraction of sp³-hybridized carbons (Fsp3) is 0.611. The van der Waals surface area contributed by atoms with Crippen LogP contribution in [0.15, 0.2) is 24.3 Å². The zero-order valence-corrected chi connectivity index (χ0v) is 15.3. The van der Waals surface area contributed by atoms with E-state index < -0.39 is 9.84 Å². The predicted molar refractivity (Wildman–Crippen MR) is 94.6 cm³/mol. The molecule has 1 saturated heterocycles. The summed E-state index contributed by atoms with van der Waals surface area (Å²) < 4.78 is 23.4. The van der Waals surface area contributed by atoms with Gasteiger partial charge in [-0.25, -0.2) is 8.42 Å². The van der Waals surface area contributed by atoms with E-state index in [0.717, 1.165) is 12.8 Å². The number of likely N-dealkylation sites (N-methyl/N-ethyl adjacent to an activating group) is 2. The second-order valence-electron chi connectivity index (χ2n) is 6.91. The molecule has 0 radical (unpaired) electrons. The SMILES string of the molecule is CCN(C(=O)CN(C)C1CCc2ccccc21)C1CCS(=O)(=O)C1. The fourth-order valence-corrected chi connectivity index (χ4v) is 5.80. The largest absolute Gasteiger partial charge is 0.338 e. The van der Waals surface area contributed by atoms with Gasteiger partial charge in [0.15, 0.2) is 9.84 Å². The number of carbonyl (C=O) groups is 1. The first-order chi connectivity index (χ1) is 11.4. The summed E-state index contributed by atoms with van der Waals surface area (Å²) in [6.45, 7) is 2.82. The van der Waals surface area contributed by atoms with Crippen LogP contribution in [-0.2, 0) is 21.1 Å². The maximum atomic E-state index is 12.7. The average molecular weight is 350 g/mol. The Morgan fingerprint density at radius 1 is 1.25 bits per heavy atom. The first-order valence-electron chi connectivity index (χ1n) is 8.69. The number of benzene rings is 1. The van der Waals surface area contributed by atoms with Crippen LogP contribution in [-0.4, -0.2) is 61.8 Å². The fourth-order valence-electron chi connectivity index (χ4n) is 4.07. The molecule has 2 atom stereocenters. The number of hydrogen-bond acceptors (Lipinski definition) is 4. The summed E-state index contributed by atoms with van der Waals surface area (Å²) >= 11 is 0. The second-order valence-corrected chi connectivity index (χ2v) is 9.13. The molecule has 1 aliphatic heterocycles. The summed E-state index contributed by atoms with van der Waals surface area (Å²) in [6, 6.07) is 8.54. The van der Waals surface area contributed by atoms with Gasteiger partial charge in [0.1, 0.15) is 0 Å². The van der Waals surface area contributed by atoms with E-state index >= 15 is 0 Å². The smallest absolute Gasteiger partial charge is 0.237 e. The monoisotopic (exact) mass is 350 g/mol. The predicted octanol–water partition coefficient (Wildman–Crippen LogP) is 1.64. The molecule has 1 aromatic carbocycles. The van der Waals surface area contributed by atoms with Crippen LogP contribution in [0.3, 0.4) is 0 Å². The molecule has 6 heteroatoms. The highest BCUT2D eigenvalue weighted by Crippen LogP contribution is 2.34. The van der Waals surface area contributed by atoms with Crippen molar-refractivity contribution in [3.63, 3.8) is 0 Å². The van der Waals surface area contributed by atoms with Crippen LogP contribution >= 0.6 is 0 Å². The number of fused-ring (bicyclic) bond motifs is 1. The summed E-state index contributed by atoms with van der Waals surface area (Å²) in [7, 11) is -0.986. The number of carbonyl (C=O) groups excluding carboxylic acids is 1. The second kappa shape index (κ2) is 6.84. The van der Waals surface area contributed by atoms with E-state index in [1.807, 2.05) is 14.0 Å². The normalized spacial score (nSPS) is 25.0. The van der Waals surface area contributed by atoms with E-state index in [9.17, 15) is 13.2 Å². The van der Waals surface area contributed by atoms with E-state index in [1.165, 1.54) is 11.1 Å². The topological polar surface area (TPSA) is 57.7 Å². The van der Waals surface area contributed by atoms with Crippen molar-refractivity contribution >= 4 is 15.7 Å².